The van der Waals surface area contributed by atoms with Crippen LogP contribution in [-0.4, -0.2) is 43.6 Å². The lowest BCUT2D eigenvalue weighted by atomic mass is 9.92. The molecule has 0 aromatic carbocycles. The zero-order chi connectivity index (χ0) is 17.4. The van der Waals surface area contributed by atoms with Gasteiger partial charge in [-0.25, -0.2) is 9.97 Å². The minimum atomic E-state index is 0.00169. The van der Waals surface area contributed by atoms with Gasteiger partial charge >= 0.3 is 0 Å². The van der Waals surface area contributed by atoms with Crippen molar-refractivity contribution in [3.63, 3.8) is 0 Å². The number of fused-ring (bicyclic) bond motifs is 1. The minimum Gasteiger partial charge on any atom is -0.337 e. The summed E-state index contributed by atoms with van der Waals surface area (Å²) in [5.41, 5.74) is 2.26. The van der Waals surface area contributed by atoms with E-state index in [0.29, 0.717) is 35.4 Å². The molecule has 3 aromatic rings. The summed E-state index contributed by atoms with van der Waals surface area (Å²) in [6.07, 6.45) is 5.20. The Morgan fingerprint density at radius 3 is 2.76 bits per heavy atom. The number of carbonyl (C=O) groups is 1. The first-order chi connectivity index (χ1) is 12.1. The quantitative estimate of drug-likeness (QED) is 0.708. The molecule has 128 valence electrons. The number of aryl methyl sites for hydroxylation is 1. The van der Waals surface area contributed by atoms with E-state index in [-0.39, 0.29) is 5.91 Å². The number of rotatable bonds is 2. The molecule has 0 N–H and O–H groups in total. The second-order valence-corrected chi connectivity index (χ2v) is 6.81. The van der Waals surface area contributed by atoms with Gasteiger partial charge in [0.25, 0.3) is 5.91 Å². The second-order valence-electron chi connectivity index (χ2n) is 6.38. The fourth-order valence-corrected chi connectivity index (χ4v) is 3.46. The van der Waals surface area contributed by atoms with Crippen molar-refractivity contribution in [2.24, 2.45) is 7.05 Å². The van der Waals surface area contributed by atoms with Crippen molar-refractivity contribution in [1.29, 1.82) is 0 Å². The van der Waals surface area contributed by atoms with E-state index in [0.717, 1.165) is 23.9 Å². The average Bonchev–Trinajstić information content (AvgIpc) is 3.07. The van der Waals surface area contributed by atoms with Gasteiger partial charge in [0.05, 0.1) is 5.02 Å². The number of hydrogen-bond donors (Lipinski definition) is 0. The van der Waals surface area contributed by atoms with Crippen LogP contribution < -0.4 is 0 Å². The van der Waals surface area contributed by atoms with Gasteiger partial charge in [-0.3, -0.25) is 9.48 Å². The van der Waals surface area contributed by atoms with Gasteiger partial charge in [-0.05, 0) is 37.1 Å². The fourth-order valence-electron chi connectivity index (χ4n) is 3.30. The molecule has 1 aliphatic rings. The first kappa shape index (κ1) is 16.0. The highest BCUT2D eigenvalue weighted by Crippen LogP contribution is 2.28. The molecule has 0 unspecified atom stereocenters. The minimum absolute atomic E-state index is 0.00169. The van der Waals surface area contributed by atoms with Crippen LogP contribution in [-0.2, 0) is 7.05 Å². The number of carbonyl (C=O) groups excluding carboxylic acids is 1. The number of aromatic nitrogens is 4. The lowest BCUT2D eigenvalue weighted by molar-refractivity contribution is 0.0705. The summed E-state index contributed by atoms with van der Waals surface area (Å²) in [6, 6.07) is 7.69. The van der Waals surface area contributed by atoms with Gasteiger partial charge in [0.15, 0.2) is 5.65 Å². The third kappa shape index (κ3) is 3.22. The Hall–Kier alpha value is -2.47. The zero-order valence-corrected chi connectivity index (χ0v) is 14.6. The summed E-state index contributed by atoms with van der Waals surface area (Å²) in [6.45, 7) is 1.43. The van der Waals surface area contributed by atoms with Gasteiger partial charge in [0.1, 0.15) is 5.69 Å². The molecule has 1 fully saturated rings. The normalized spacial score (nSPS) is 15.7. The highest BCUT2D eigenvalue weighted by molar-refractivity contribution is 6.31. The Morgan fingerprint density at radius 2 is 2.04 bits per heavy atom. The number of pyridine rings is 2. The van der Waals surface area contributed by atoms with Gasteiger partial charge in [0.2, 0.25) is 0 Å². The van der Waals surface area contributed by atoms with E-state index >= 15 is 0 Å². The first-order valence-corrected chi connectivity index (χ1v) is 8.69. The van der Waals surface area contributed by atoms with Crippen molar-refractivity contribution in [3.8, 4) is 0 Å². The standard InChI is InChI=1S/C18H18ClN5O/c1-23-7-6-16(22-23)18(25)24-8-4-12(5-9-24)15-3-2-13-10-14(19)11-20-17(13)21-15/h2-3,6-7,10-12H,4-5,8-9H2,1H3. The van der Waals surface area contributed by atoms with Crippen molar-refractivity contribution in [3.05, 3.63) is 53.1 Å². The number of amides is 1. The van der Waals surface area contributed by atoms with E-state index < -0.39 is 0 Å². The molecule has 0 aliphatic carbocycles. The average molecular weight is 356 g/mol. The molecule has 4 rings (SSSR count). The van der Waals surface area contributed by atoms with Crippen LogP contribution in [0.1, 0.15) is 34.9 Å². The van der Waals surface area contributed by atoms with Crippen molar-refractivity contribution in [2.75, 3.05) is 13.1 Å². The third-order valence-electron chi connectivity index (χ3n) is 4.66. The van der Waals surface area contributed by atoms with Crippen LogP contribution >= 0.6 is 11.6 Å². The molecule has 6 nitrogen and oxygen atoms in total. The molecule has 1 amide bonds. The smallest absolute Gasteiger partial charge is 0.274 e. The van der Waals surface area contributed by atoms with Crippen LogP contribution in [0.4, 0.5) is 0 Å². The van der Waals surface area contributed by atoms with E-state index in [2.05, 4.69) is 15.1 Å². The summed E-state index contributed by atoms with van der Waals surface area (Å²) in [5, 5.41) is 5.76. The van der Waals surface area contributed by atoms with E-state index in [4.69, 9.17) is 11.6 Å². The number of hydrogen-bond acceptors (Lipinski definition) is 4. The number of likely N-dealkylation sites (tertiary alicyclic amines) is 1. The van der Waals surface area contributed by atoms with E-state index in [9.17, 15) is 4.79 Å². The summed E-state index contributed by atoms with van der Waals surface area (Å²) < 4.78 is 1.65. The molecule has 0 bridgehead atoms. The molecule has 4 heterocycles. The molecule has 0 spiro atoms. The number of nitrogens with zero attached hydrogens (tertiary/aromatic N) is 5. The topological polar surface area (TPSA) is 63.9 Å². The molecule has 1 aliphatic heterocycles. The molecule has 0 atom stereocenters. The molecule has 0 saturated carbocycles. The Kier molecular flexibility index (Phi) is 4.13. The maximum absolute atomic E-state index is 12.5. The zero-order valence-electron chi connectivity index (χ0n) is 13.9. The van der Waals surface area contributed by atoms with Crippen molar-refractivity contribution in [1.82, 2.24) is 24.6 Å². The van der Waals surface area contributed by atoms with Gasteiger partial charge < -0.3 is 4.90 Å². The van der Waals surface area contributed by atoms with Crippen LogP contribution in [0, 0.1) is 0 Å². The van der Waals surface area contributed by atoms with Crippen molar-refractivity contribution < 1.29 is 4.79 Å². The van der Waals surface area contributed by atoms with Crippen LogP contribution in [0.5, 0.6) is 0 Å². The summed E-state index contributed by atoms with van der Waals surface area (Å²) >= 11 is 5.97. The Morgan fingerprint density at radius 1 is 1.24 bits per heavy atom. The van der Waals surface area contributed by atoms with Gasteiger partial charge in [-0.1, -0.05) is 11.6 Å². The van der Waals surface area contributed by atoms with Crippen LogP contribution in [0.15, 0.2) is 36.7 Å². The Bertz CT molecular complexity index is 930. The van der Waals surface area contributed by atoms with E-state index in [1.807, 2.05) is 30.1 Å². The summed E-state index contributed by atoms with van der Waals surface area (Å²) in [7, 11) is 1.82. The second kappa shape index (κ2) is 6.44. The van der Waals surface area contributed by atoms with E-state index in [1.165, 1.54) is 0 Å². The highest BCUT2D eigenvalue weighted by atomic mass is 35.5. The first-order valence-electron chi connectivity index (χ1n) is 8.31. The number of halogens is 1. The lowest BCUT2D eigenvalue weighted by Gasteiger charge is -2.31. The molecule has 3 aromatic heterocycles. The molecular weight excluding hydrogens is 338 g/mol. The lowest BCUT2D eigenvalue weighted by Crippen LogP contribution is -2.38. The fraction of sp³-hybridized carbons (Fsp3) is 0.333. The molecule has 25 heavy (non-hydrogen) atoms. The highest BCUT2D eigenvalue weighted by Gasteiger charge is 2.26. The predicted molar refractivity (Wildman–Crippen MR) is 95.6 cm³/mol. The largest absolute Gasteiger partial charge is 0.337 e. The van der Waals surface area contributed by atoms with Gasteiger partial charge in [0, 0.05) is 49.5 Å². The van der Waals surface area contributed by atoms with Crippen molar-refractivity contribution in [2.45, 2.75) is 18.8 Å². The van der Waals surface area contributed by atoms with Gasteiger partial charge in [-0.2, -0.15) is 5.10 Å². The van der Waals surface area contributed by atoms with Crippen LogP contribution in [0.25, 0.3) is 11.0 Å². The monoisotopic (exact) mass is 355 g/mol. The SMILES string of the molecule is Cn1ccc(C(=O)N2CCC(c3ccc4cc(Cl)cnc4n3)CC2)n1. The summed E-state index contributed by atoms with van der Waals surface area (Å²) in [4.78, 5) is 23.3. The third-order valence-corrected chi connectivity index (χ3v) is 4.87. The molecule has 7 heteroatoms. The van der Waals surface area contributed by atoms with Crippen LogP contribution in [0.3, 0.4) is 0 Å². The molecule has 0 radical (unpaired) electrons. The number of piperidine rings is 1. The van der Waals surface area contributed by atoms with Crippen molar-refractivity contribution >= 4 is 28.5 Å². The molecular formula is C18H18ClN5O. The Balaban J connectivity index is 1.46. The maximum Gasteiger partial charge on any atom is 0.274 e. The predicted octanol–water partition coefficient (Wildman–Crippen LogP) is 3.04. The van der Waals surface area contributed by atoms with E-state index in [1.54, 1.807) is 23.1 Å². The molecule has 1 saturated heterocycles. The van der Waals surface area contributed by atoms with Crippen LogP contribution in [0.2, 0.25) is 5.02 Å². The Labute approximate surface area is 150 Å². The maximum atomic E-state index is 12.5. The van der Waals surface area contributed by atoms with Gasteiger partial charge in [-0.15, -0.1) is 0 Å². The summed E-state index contributed by atoms with van der Waals surface area (Å²) in [5.74, 6) is 0.344.